The van der Waals surface area contributed by atoms with E-state index in [1.54, 1.807) is 24.5 Å². The molecular formula is C17H21N5O2S. The Balaban J connectivity index is 1.72. The van der Waals surface area contributed by atoms with E-state index >= 15 is 0 Å². The maximum atomic E-state index is 12.4. The van der Waals surface area contributed by atoms with Crippen molar-refractivity contribution in [3.63, 3.8) is 0 Å². The van der Waals surface area contributed by atoms with Crippen LogP contribution in [-0.4, -0.2) is 40.7 Å². The van der Waals surface area contributed by atoms with Crippen molar-refractivity contribution in [2.24, 2.45) is 7.05 Å². The van der Waals surface area contributed by atoms with Gasteiger partial charge < -0.3 is 19.9 Å². The molecule has 2 heterocycles. The quantitative estimate of drug-likeness (QED) is 0.633. The summed E-state index contributed by atoms with van der Waals surface area (Å²) in [5, 5.41) is 9.06. The first kappa shape index (κ1) is 17.4. The number of carbonyl (C=O) groups excluding carboxylic acids is 1. The molecule has 2 N–H and O–H groups in total. The Hall–Kier alpha value is -2.45. The summed E-state index contributed by atoms with van der Waals surface area (Å²) in [6, 6.07) is 5.52. The number of thiazole rings is 1. The Labute approximate surface area is 150 Å². The zero-order valence-electron chi connectivity index (χ0n) is 14.5. The highest BCUT2D eigenvalue weighted by Crippen LogP contribution is 2.19. The second kappa shape index (κ2) is 7.62. The Morgan fingerprint density at radius 2 is 2.20 bits per heavy atom. The van der Waals surface area contributed by atoms with Gasteiger partial charge in [-0.25, -0.2) is 9.97 Å². The van der Waals surface area contributed by atoms with Crippen LogP contribution in [0.15, 0.2) is 23.6 Å². The third-order valence-corrected chi connectivity index (χ3v) is 4.65. The Morgan fingerprint density at radius 1 is 1.36 bits per heavy atom. The monoisotopic (exact) mass is 359 g/mol. The smallest absolute Gasteiger partial charge is 0.251 e. The van der Waals surface area contributed by atoms with Gasteiger partial charge in [-0.05, 0) is 25.1 Å². The number of hydrogen-bond acceptors (Lipinski definition) is 6. The number of amides is 1. The van der Waals surface area contributed by atoms with Crippen molar-refractivity contribution >= 4 is 34.2 Å². The molecule has 0 saturated carbocycles. The molecule has 0 bridgehead atoms. The van der Waals surface area contributed by atoms with E-state index in [1.165, 1.54) is 0 Å². The number of carbonyl (C=O) groups is 1. The lowest BCUT2D eigenvalue weighted by molar-refractivity contribution is 0.0950. The third-order valence-electron chi connectivity index (χ3n) is 3.83. The highest BCUT2D eigenvalue weighted by molar-refractivity contribution is 7.09. The summed E-state index contributed by atoms with van der Waals surface area (Å²) >= 11 is 1.58. The van der Waals surface area contributed by atoms with Crippen LogP contribution in [0.4, 0.5) is 5.95 Å². The van der Waals surface area contributed by atoms with E-state index in [9.17, 15) is 4.79 Å². The standard InChI is InChI=1S/C17H21N5O2S/c1-11-20-13(10-25-11)9-19-16(23)12-4-5-15-14(8-12)21-17(22(15)2)18-6-7-24-3/h4-5,8,10H,6-7,9H2,1-3H3,(H,18,21)(H,19,23). The van der Waals surface area contributed by atoms with E-state index in [1.807, 2.05) is 36.1 Å². The minimum Gasteiger partial charge on any atom is -0.383 e. The maximum Gasteiger partial charge on any atom is 0.251 e. The number of nitrogens with zero attached hydrogens (tertiary/aromatic N) is 3. The van der Waals surface area contributed by atoms with Gasteiger partial charge in [-0.1, -0.05) is 0 Å². The van der Waals surface area contributed by atoms with Crippen molar-refractivity contribution in [3.05, 3.63) is 39.8 Å². The first-order valence-electron chi connectivity index (χ1n) is 7.97. The fourth-order valence-electron chi connectivity index (χ4n) is 2.53. The van der Waals surface area contributed by atoms with Crippen molar-refractivity contribution in [3.8, 4) is 0 Å². The summed E-state index contributed by atoms with van der Waals surface area (Å²) in [5.74, 6) is 0.620. The van der Waals surface area contributed by atoms with E-state index in [4.69, 9.17) is 4.74 Å². The molecule has 0 aliphatic heterocycles. The van der Waals surface area contributed by atoms with Gasteiger partial charge in [0.15, 0.2) is 0 Å². The largest absolute Gasteiger partial charge is 0.383 e. The molecule has 0 aliphatic carbocycles. The average Bonchev–Trinajstić information content (AvgIpc) is 3.16. The number of anilines is 1. The molecule has 0 spiro atoms. The molecule has 1 amide bonds. The molecule has 7 nitrogen and oxygen atoms in total. The second-order valence-corrected chi connectivity index (χ2v) is 6.72. The molecule has 8 heteroatoms. The van der Waals surface area contributed by atoms with E-state index in [2.05, 4.69) is 20.6 Å². The van der Waals surface area contributed by atoms with E-state index in [0.29, 0.717) is 25.3 Å². The molecule has 0 fully saturated rings. The number of imidazole rings is 1. The number of nitrogens with one attached hydrogen (secondary N) is 2. The molecule has 0 aliphatic rings. The summed E-state index contributed by atoms with van der Waals surface area (Å²) in [7, 11) is 3.60. The minimum atomic E-state index is -0.132. The molecule has 25 heavy (non-hydrogen) atoms. The number of benzene rings is 1. The van der Waals surface area contributed by atoms with Crippen LogP contribution in [0.25, 0.3) is 11.0 Å². The average molecular weight is 359 g/mol. The Kier molecular flexibility index (Phi) is 5.30. The molecular weight excluding hydrogens is 338 g/mol. The minimum absolute atomic E-state index is 0.132. The summed E-state index contributed by atoms with van der Waals surface area (Å²) in [5.41, 5.74) is 3.20. The van der Waals surface area contributed by atoms with Gasteiger partial charge in [-0.2, -0.15) is 0 Å². The molecule has 0 unspecified atom stereocenters. The van der Waals surface area contributed by atoms with E-state index in [0.717, 1.165) is 27.7 Å². The van der Waals surface area contributed by atoms with Crippen molar-refractivity contribution in [1.29, 1.82) is 0 Å². The lowest BCUT2D eigenvalue weighted by Crippen LogP contribution is -2.22. The first-order chi connectivity index (χ1) is 12.1. The fourth-order valence-corrected chi connectivity index (χ4v) is 3.14. The van der Waals surface area contributed by atoms with Crippen LogP contribution in [-0.2, 0) is 18.3 Å². The van der Waals surface area contributed by atoms with Crippen LogP contribution in [0.2, 0.25) is 0 Å². The van der Waals surface area contributed by atoms with Crippen LogP contribution in [0.5, 0.6) is 0 Å². The highest BCUT2D eigenvalue weighted by Gasteiger charge is 2.12. The lowest BCUT2D eigenvalue weighted by atomic mass is 10.2. The van der Waals surface area contributed by atoms with Crippen molar-refractivity contribution in [2.45, 2.75) is 13.5 Å². The molecule has 3 rings (SSSR count). The number of ether oxygens (including phenoxy) is 1. The van der Waals surface area contributed by atoms with Crippen molar-refractivity contribution < 1.29 is 9.53 Å². The van der Waals surface area contributed by atoms with Gasteiger partial charge in [0.1, 0.15) is 0 Å². The van der Waals surface area contributed by atoms with Gasteiger partial charge >= 0.3 is 0 Å². The van der Waals surface area contributed by atoms with Crippen molar-refractivity contribution in [1.82, 2.24) is 19.9 Å². The van der Waals surface area contributed by atoms with Crippen LogP contribution in [0.3, 0.4) is 0 Å². The van der Waals surface area contributed by atoms with Crippen LogP contribution in [0.1, 0.15) is 21.1 Å². The zero-order chi connectivity index (χ0) is 17.8. The van der Waals surface area contributed by atoms with Gasteiger partial charge in [0, 0.05) is 31.6 Å². The number of rotatable bonds is 7. The predicted molar refractivity (Wildman–Crippen MR) is 99.1 cm³/mol. The number of hydrogen-bond donors (Lipinski definition) is 2. The van der Waals surface area contributed by atoms with Gasteiger partial charge in [0.2, 0.25) is 5.95 Å². The van der Waals surface area contributed by atoms with Gasteiger partial charge in [-0.3, -0.25) is 4.79 Å². The summed E-state index contributed by atoms with van der Waals surface area (Å²) in [4.78, 5) is 21.3. The summed E-state index contributed by atoms with van der Waals surface area (Å²) in [6.07, 6.45) is 0. The van der Waals surface area contributed by atoms with E-state index < -0.39 is 0 Å². The van der Waals surface area contributed by atoms with Crippen LogP contribution < -0.4 is 10.6 Å². The maximum absolute atomic E-state index is 12.4. The number of methoxy groups -OCH3 is 1. The molecule has 0 radical (unpaired) electrons. The van der Waals surface area contributed by atoms with Crippen molar-refractivity contribution in [2.75, 3.05) is 25.6 Å². The predicted octanol–water partition coefficient (Wildman–Crippen LogP) is 2.33. The molecule has 0 saturated heterocycles. The molecule has 3 aromatic rings. The number of fused-ring (bicyclic) bond motifs is 1. The topological polar surface area (TPSA) is 81.1 Å². The van der Waals surface area contributed by atoms with Gasteiger partial charge in [0.25, 0.3) is 5.91 Å². The molecule has 2 aromatic heterocycles. The van der Waals surface area contributed by atoms with Gasteiger partial charge in [0.05, 0.1) is 34.9 Å². The van der Waals surface area contributed by atoms with E-state index in [-0.39, 0.29) is 5.91 Å². The fraction of sp³-hybridized carbons (Fsp3) is 0.353. The normalized spacial score (nSPS) is 11.0. The van der Waals surface area contributed by atoms with Crippen LogP contribution >= 0.6 is 11.3 Å². The van der Waals surface area contributed by atoms with Crippen LogP contribution in [0, 0.1) is 6.92 Å². The first-order valence-corrected chi connectivity index (χ1v) is 8.85. The molecule has 132 valence electrons. The third kappa shape index (κ3) is 3.97. The number of aromatic nitrogens is 3. The number of aryl methyl sites for hydroxylation is 2. The SMILES string of the molecule is COCCNc1nc2cc(C(=O)NCc3csc(C)n3)ccc2n1C. The molecule has 1 aromatic carbocycles. The highest BCUT2D eigenvalue weighted by atomic mass is 32.1. The summed E-state index contributed by atoms with van der Waals surface area (Å²) in [6.45, 7) is 3.65. The summed E-state index contributed by atoms with van der Waals surface area (Å²) < 4.78 is 7.00. The van der Waals surface area contributed by atoms with Gasteiger partial charge in [-0.15, -0.1) is 11.3 Å². The lowest BCUT2D eigenvalue weighted by Gasteiger charge is -2.05. The molecule has 0 atom stereocenters. The second-order valence-electron chi connectivity index (χ2n) is 5.66. The zero-order valence-corrected chi connectivity index (χ0v) is 15.3. The Bertz CT molecular complexity index is 886. The Morgan fingerprint density at radius 3 is 2.92 bits per heavy atom.